The van der Waals surface area contributed by atoms with Crippen LogP contribution in [-0.4, -0.2) is 11.3 Å². The maximum atomic E-state index is 2.55. The van der Waals surface area contributed by atoms with E-state index in [9.17, 15) is 0 Å². The van der Waals surface area contributed by atoms with Crippen LogP contribution in [0.3, 0.4) is 0 Å². The molecule has 0 nitrogen and oxygen atoms in total. The van der Waals surface area contributed by atoms with Crippen molar-refractivity contribution in [2.75, 3.05) is 0 Å². The lowest BCUT2D eigenvalue weighted by molar-refractivity contribution is 0.880. The predicted octanol–water partition coefficient (Wildman–Crippen LogP) is 9.53. The monoisotopic (exact) mass is 482 g/mol. The van der Waals surface area contributed by atoms with Crippen LogP contribution >= 0.6 is 15.8 Å². The van der Waals surface area contributed by atoms with Crippen molar-refractivity contribution in [2.45, 2.75) is 49.8 Å². The molecule has 0 N–H and O–H groups in total. The van der Waals surface area contributed by atoms with Crippen molar-refractivity contribution in [3.8, 4) is 0 Å². The third-order valence-electron chi connectivity index (χ3n) is 6.76. The van der Waals surface area contributed by atoms with Gasteiger partial charge in [0.25, 0.3) is 0 Å². The molecule has 0 aliphatic rings. The van der Waals surface area contributed by atoms with E-state index in [1.165, 1.54) is 46.9 Å². The van der Waals surface area contributed by atoms with Crippen LogP contribution in [0.1, 0.15) is 36.1 Å². The van der Waals surface area contributed by atoms with E-state index < -0.39 is 0 Å². The van der Waals surface area contributed by atoms with Crippen LogP contribution in [0.25, 0.3) is 0 Å². The standard InChI is InChI=1S/C32H36P2/c1-27(33(23-29-15-7-3-8-16-29)24-30-17-9-4-10-18-30)28(2)34(25-31-19-11-5-12-20-31)26-32-21-13-6-14-22-32/h3-22,27-28H,23-26H2,1-2H3. The van der Waals surface area contributed by atoms with Crippen LogP contribution in [-0.2, 0) is 24.6 Å². The molecule has 2 heteroatoms. The second-order valence-corrected chi connectivity index (χ2v) is 14.5. The van der Waals surface area contributed by atoms with E-state index in [4.69, 9.17) is 0 Å². The van der Waals surface area contributed by atoms with Gasteiger partial charge < -0.3 is 0 Å². The summed E-state index contributed by atoms with van der Waals surface area (Å²) in [6.07, 6.45) is 4.82. The summed E-state index contributed by atoms with van der Waals surface area (Å²) < 4.78 is 0. The van der Waals surface area contributed by atoms with Crippen molar-refractivity contribution in [1.29, 1.82) is 0 Å². The molecule has 2 atom stereocenters. The van der Waals surface area contributed by atoms with Gasteiger partial charge in [0, 0.05) is 0 Å². The molecule has 4 aromatic rings. The van der Waals surface area contributed by atoms with Gasteiger partial charge in [-0.2, -0.15) is 0 Å². The number of hydrogen-bond donors (Lipinski definition) is 0. The lowest BCUT2D eigenvalue weighted by Gasteiger charge is -2.35. The fraction of sp³-hybridized carbons (Fsp3) is 0.250. The predicted molar refractivity (Wildman–Crippen MR) is 153 cm³/mol. The minimum absolute atomic E-state index is 0.179. The second kappa shape index (κ2) is 13.0. The molecule has 0 bridgehead atoms. The van der Waals surface area contributed by atoms with E-state index in [0.29, 0.717) is 11.3 Å². The van der Waals surface area contributed by atoms with Crippen LogP contribution < -0.4 is 0 Å². The molecular weight excluding hydrogens is 446 g/mol. The Morgan fingerprint density at radius 2 is 0.588 bits per heavy atom. The maximum Gasteiger partial charge on any atom is -0.00675 e. The van der Waals surface area contributed by atoms with Crippen LogP contribution in [0.4, 0.5) is 0 Å². The molecule has 0 aliphatic carbocycles. The molecule has 4 rings (SSSR count). The van der Waals surface area contributed by atoms with E-state index in [2.05, 4.69) is 135 Å². The Morgan fingerprint density at radius 1 is 0.382 bits per heavy atom. The molecule has 0 fully saturated rings. The Kier molecular flexibility index (Phi) is 9.50. The van der Waals surface area contributed by atoms with Gasteiger partial charge in [-0.3, -0.25) is 0 Å². The largest absolute Gasteiger partial charge is 0.0942 e. The fourth-order valence-electron chi connectivity index (χ4n) is 4.57. The van der Waals surface area contributed by atoms with E-state index in [0.717, 1.165) is 0 Å². The van der Waals surface area contributed by atoms with E-state index in [1.54, 1.807) is 0 Å². The number of rotatable bonds is 11. The minimum Gasteiger partial charge on any atom is -0.0942 e. The number of benzene rings is 4. The summed E-state index contributed by atoms with van der Waals surface area (Å²) in [5.74, 6) is 0. The van der Waals surface area contributed by atoms with Crippen molar-refractivity contribution < 1.29 is 0 Å². The summed E-state index contributed by atoms with van der Waals surface area (Å²) in [7, 11) is -0.359. The van der Waals surface area contributed by atoms with Crippen LogP contribution in [0, 0.1) is 0 Å². The zero-order valence-corrected chi connectivity index (χ0v) is 22.2. The van der Waals surface area contributed by atoms with Gasteiger partial charge in [0.2, 0.25) is 0 Å². The Morgan fingerprint density at radius 3 is 0.794 bits per heavy atom. The maximum absolute atomic E-state index is 2.55. The first-order chi connectivity index (χ1) is 16.7. The molecule has 0 saturated heterocycles. The summed E-state index contributed by atoms with van der Waals surface area (Å²) in [6, 6.07) is 44.6. The Hall–Kier alpha value is -2.26. The van der Waals surface area contributed by atoms with Gasteiger partial charge in [-0.25, -0.2) is 0 Å². The smallest absolute Gasteiger partial charge is 0.00675 e. The summed E-state index contributed by atoms with van der Waals surface area (Å²) in [5, 5.41) is 0. The molecule has 0 spiro atoms. The molecule has 34 heavy (non-hydrogen) atoms. The van der Waals surface area contributed by atoms with Crippen molar-refractivity contribution >= 4 is 15.8 Å². The zero-order valence-electron chi connectivity index (χ0n) is 20.4. The van der Waals surface area contributed by atoms with Crippen LogP contribution in [0.2, 0.25) is 0 Å². The highest BCUT2D eigenvalue weighted by molar-refractivity contribution is 7.61. The van der Waals surface area contributed by atoms with Gasteiger partial charge in [0.05, 0.1) is 0 Å². The number of hydrogen-bond acceptors (Lipinski definition) is 0. The topological polar surface area (TPSA) is 0 Å². The lowest BCUT2D eigenvalue weighted by Crippen LogP contribution is -2.20. The Labute approximate surface area is 209 Å². The Bertz CT molecular complexity index is 907. The van der Waals surface area contributed by atoms with Gasteiger partial charge in [-0.1, -0.05) is 151 Å². The highest BCUT2D eigenvalue weighted by atomic mass is 31.1. The summed E-state index contributed by atoms with van der Waals surface area (Å²) in [4.78, 5) is 0. The molecule has 2 unspecified atom stereocenters. The van der Waals surface area contributed by atoms with Crippen molar-refractivity contribution in [3.05, 3.63) is 144 Å². The first-order valence-corrected chi connectivity index (χ1v) is 15.9. The highest BCUT2D eigenvalue weighted by Crippen LogP contribution is 2.58. The third kappa shape index (κ3) is 7.37. The zero-order chi connectivity index (χ0) is 23.6. The van der Waals surface area contributed by atoms with Gasteiger partial charge in [-0.05, 0) is 58.2 Å². The van der Waals surface area contributed by atoms with Gasteiger partial charge in [0.15, 0.2) is 0 Å². The van der Waals surface area contributed by atoms with Crippen molar-refractivity contribution in [1.82, 2.24) is 0 Å². The molecular formula is C32H36P2. The second-order valence-electron chi connectivity index (χ2n) is 9.23. The first-order valence-electron chi connectivity index (χ1n) is 12.3. The fourth-order valence-corrected chi connectivity index (χ4v) is 11.0. The van der Waals surface area contributed by atoms with Gasteiger partial charge >= 0.3 is 0 Å². The highest BCUT2D eigenvalue weighted by Gasteiger charge is 2.29. The molecule has 0 aromatic heterocycles. The minimum atomic E-state index is -0.179. The normalized spacial score (nSPS) is 13.2. The third-order valence-corrected chi connectivity index (χ3v) is 13.3. The van der Waals surface area contributed by atoms with Crippen molar-refractivity contribution in [2.24, 2.45) is 0 Å². The molecule has 0 aliphatic heterocycles. The van der Waals surface area contributed by atoms with Crippen molar-refractivity contribution in [3.63, 3.8) is 0 Å². The Balaban J connectivity index is 1.58. The first kappa shape index (κ1) is 24.9. The lowest BCUT2D eigenvalue weighted by atomic mass is 10.2. The van der Waals surface area contributed by atoms with Gasteiger partial charge in [0.1, 0.15) is 0 Å². The average Bonchev–Trinajstić information content (AvgIpc) is 2.89. The summed E-state index contributed by atoms with van der Waals surface area (Å²) >= 11 is 0. The quantitative estimate of drug-likeness (QED) is 0.187. The molecule has 0 heterocycles. The molecule has 4 aromatic carbocycles. The molecule has 0 amide bonds. The SMILES string of the molecule is CC(C(C)P(Cc1ccccc1)Cc1ccccc1)P(Cc1ccccc1)Cc1ccccc1. The summed E-state index contributed by atoms with van der Waals surface area (Å²) in [5.41, 5.74) is 7.35. The van der Waals surface area contributed by atoms with E-state index >= 15 is 0 Å². The molecule has 174 valence electrons. The van der Waals surface area contributed by atoms with E-state index in [1.807, 2.05) is 0 Å². The van der Waals surface area contributed by atoms with Gasteiger partial charge in [-0.15, -0.1) is 0 Å². The molecule has 0 saturated carbocycles. The average molecular weight is 483 g/mol. The van der Waals surface area contributed by atoms with Crippen LogP contribution in [0.15, 0.2) is 121 Å². The van der Waals surface area contributed by atoms with E-state index in [-0.39, 0.29) is 15.8 Å². The molecule has 0 radical (unpaired) electrons. The summed E-state index contributed by atoms with van der Waals surface area (Å²) in [6.45, 7) is 5.10. The van der Waals surface area contributed by atoms with Crippen LogP contribution in [0.5, 0.6) is 0 Å².